The molecule has 0 bridgehead atoms. The number of hydrogen-bond donors (Lipinski definition) is 2. The fourth-order valence-corrected chi connectivity index (χ4v) is 1.43. The van der Waals surface area contributed by atoms with Gasteiger partial charge in [0.15, 0.2) is 0 Å². The topological polar surface area (TPSA) is 74.2 Å². The molecule has 0 atom stereocenters. The number of amides is 1. The van der Waals surface area contributed by atoms with E-state index >= 15 is 0 Å². The molecule has 0 saturated carbocycles. The van der Waals surface area contributed by atoms with E-state index in [9.17, 15) is 4.79 Å². The Hall–Kier alpha value is -2.06. The Morgan fingerprint density at radius 2 is 2.18 bits per heavy atom. The molecule has 0 fully saturated rings. The minimum Gasteiger partial charge on any atom is -0.384 e. The predicted octanol–water partition coefficient (Wildman–Crippen LogP) is 1.57. The number of nitriles is 1. The van der Waals surface area contributed by atoms with Crippen molar-refractivity contribution >= 4 is 17.3 Å². The Kier molecular flexibility index (Phi) is 4.98. The zero-order valence-corrected chi connectivity index (χ0v) is 9.91. The Morgan fingerprint density at radius 3 is 2.76 bits per heavy atom. The first-order chi connectivity index (χ1) is 8.22. The molecule has 0 radical (unpaired) electrons. The molecule has 2 N–H and O–H groups in total. The molecular formula is C12H15N3O2. The lowest BCUT2D eigenvalue weighted by molar-refractivity contribution is -0.119. The second-order valence-corrected chi connectivity index (χ2v) is 3.35. The third-order valence-electron chi connectivity index (χ3n) is 2.09. The number of anilines is 2. The molecule has 1 aromatic carbocycles. The molecule has 0 aliphatic heterocycles. The third-order valence-corrected chi connectivity index (χ3v) is 2.09. The standard InChI is InChI=1S/C12H15N3O2/c1-3-14-10-5-4-6-11(9(10)7-13)15-12(16)8-17-2/h4-6,14H,3,8H2,1-2H3,(H,15,16). The first kappa shape index (κ1) is 13.0. The van der Waals surface area contributed by atoms with Crippen LogP contribution in [-0.4, -0.2) is 26.2 Å². The lowest BCUT2D eigenvalue weighted by atomic mass is 10.1. The quantitative estimate of drug-likeness (QED) is 0.809. The zero-order chi connectivity index (χ0) is 12.7. The summed E-state index contributed by atoms with van der Waals surface area (Å²) in [5, 5.41) is 14.8. The summed E-state index contributed by atoms with van der Waals surface area (Å²) in [6, 6.07) is 7.34. The molecule has 5 nitrogen and oxygen atoms in total. The molecule has 0 saturated heterocycles. The van der Waals surface area contributed by atoms with Crippen LogP contribution in [-0.2, 0) is 9.53 Å². The maximum absolute atomic E-state index is 11.4. The number of carbonyl (C=O) groups is 1. The maximum atomic E-state index is 11.4. The van der Waals surface area contributed by atoms with Crippen molar-refractivity contribution in [1.29, 1.82) is 5.26 Å². The van der Waals surface area contributed by atoms with E-state index in [0.717, 1.165) is 0 Å². The maximum Gasteiger partial charge on any atom is 0.250 e. The van der Waals surface area contributed by atoms with E-state index in [4.69, 9.17) is 10.00 Å². The first-order valence-electron chi connectivity index (χ1n) is 5.28. The number of benzene rings is 1. The van der Waals surface area contributed by atoms with Crippen LogP contribution in [0.5, 0.6) is 0 Å². The van der Waals surface area contributed by atoms with Gasteiger partial charge in [-0.1, -0.05) is 6.07 Å². The van der Waals surface area contributed by atoms with Crippen molar-refractivity contribution in [3.63, 3.8) is 0 Å². The van der Waals surface area contributed by atoms with Gasteiger partial charge in [-0.2, -0.15) is 5.26 Å². The highest BCUT2D eigenvalue weighted by molar-refractivity contribution is 5.94. The number of hydrogen-bond acceptors (Lipinski definition) is 4. The highest BCUT2D eigenvalue weighted by atomic mass is 16.5. The van der Waals surface area contributed by atoms with Crippen molar-refractivity contribution in [1.82, 2.24) is 0 Å². The molecule has 0 unspecified atom stereocenters. The van der Waals surface area contributed by atoms with Crippen LogP contribution in [0.25, 0.3) is 0 Å². The number of carbonyl (C=O) groups excluding carboxylic acids is 1. The van der Waals surface area contributed by atoms with Crippen LogP contribution in [0.4, 0.5) is 11.4 Å². The lowest BCUT2D eigenvalue weighted by Crippen LogP contribution is -2.18. The van der Waals surface area contributed by atoms with Gasteiger partial charge in [0, 0.05) is 13.7 Å². The summed E-state index contributed by atoms with van der Waals surface area (Å²) in [7, 11) is 1.44. The fraction of sp³-hybridized carbons (Fsp3) is 0.333. The monoisotopic (exact) mass is 233 g/mol. The molecule has 0 spiro atoms. The normalized spacial score (nSPS) is 9.47. The second-order valence-electron chi connectivity index (χ2n) is 3.35. The van der Waals surface area contributed by atoms with Gasteiger partial charge in [0.1, 0.15) is 12.7 Å². The summed E-state index contributed by atoms with van der Waals surface area (Å²) in [5.41, 5.74) is 1.64. The fourth-order valence-electron chi connectivity index (χ4n) is 1.43. The van der Waals surface area contributed by atoms with E-state index in [1.54, 1.807) is 18.2 Å². The average Bonchev–Trinajstić information content (AvgIpc) is 2.30. The van der Waals surface area contributed by atoms with Crippen molar-refractivity contribution in [3.8, 4) is 6.07 Å². The van der Waals surface area contributed by atoms with Gasteiger partial charge in [0.05, 0.1) is 16.9 Å². The minimum atomic E-state index is -0.280. The van der Waals surface area contributed by atoms with E-state index in [2.05, 4.69) is 16.7 Å². The van der Waals surface area contributed by atoms with Crippen LogP contribution in [0.2, 0.25) is 0 Å². The van der Waals surface area contributed by atoms with Gasteiger partial charge in [0.2, 0.25) is 5.91 Å². The second kappa shape index (κ2) is 6.51. The van der Waals surface area contributed by atoms with Gasteiger partial charge in [-0.15, -0.1) is 0 Å². The van der Waals surface area contributed by atoms with Crippen molar-refractivity contribution in [3.05, 3.63) is 23.8 Å². The van der Waals surface area contributed by atoms with Gasteiger partial charge in [-0.3, -0.25) is 4.79 Å². The van der Waals surface area contributed by atoms with E-state index in [0.29, 0.717) is 23.5 Å². The molecule has 0 aromatic heterocycles. The smallest absolute Gasteiger partial charge is 0.250 e. The predicted molar refractivity (Wildman–Crippen MR) is 65.8 cm³/mol. The van der Waals surface area contributed by atoms with Gasteiger partial charge < -0.3 is 15.4 Å². The van der Waals surface area contributed by atoms with Gasteiger partial charge in [-0.05, 0) is 19.1 Å². The number of methoxy groups -OCH3 is 1. The molecule has 5 heteroatoms. The Labute approximate surface area is 100 Å². The highest BCUT2D eigenvalue weighted by Crippen LogP contribution is 2.23. The van der Waals surface area contributed by atoms with E-state index in [-0.39, 0.29) is 12.5 Å². The van der Waals surface area contributed by atoms with Gasteiger partial charge >= 0.3 is 0 Å². The molecule has 0 aliphatic carbocycles. The van der Waals surface area contributed by atoms with Crippen LogP contribution in [0, 0.1) is 11.3 Å². The Balaban J connectivity index is 2.95. The van der Waals surface area contributed by atoms with E-state index in [1.807, 2.05) is 6.92 Å². The van der Waals surface area contributed by atoms with Crippen molar-refractivity contribution in [2.45, 2.75) is 6.92 Å². The molecule has 1 aromatic rings. The molecule has 1 rings (SSSR count). The van der Waals surface area contributed by atoms with Crippen LogP contribution in [0.15, 0.2) is 18.2 Å². The van der Waals surface area contributed by atoms with Crippen LogP contribution < -0.4 is 10.6 Å². The van der Waals surface area contributed by atoms with E-state index in [1.165, 1.54) is 7.11 Å². The van der Waals surface area contributed by atoms with Crippen molar-refractivity contribution in [2.75, 3.05) is 30.9 Å². The Morgan fingerprint density at radius 1 is 1.47 bits per heavy atom. The SMILES string of the molecule is CCNc1cccc(NC(=O)COC)c1C#N. The molecule has 0 heterocycles. The average molecular weight is 233 g/mol. The number of ether oxygens (including phenoxy) is 1. The summed E-state index contributed by atoms with van der Waals surface area (Å²) in [6.45, 7) is 2.62. The van der Waals surface area contributed by atoms with Crippen LogP contribution in [0.3, 0.4) is 0 Å². The summed E-state index contributed by atoms with van der Waals surface area (Å²) >= 11 is 0. The lowest BCUT2D eigenvalue weighted by Gasteiger charge is -2.11. The Bertz CT molecular complexity index is 438. The van der Waals surface area contributed by atoms with Gasteiger partial charge in [0.25, 0.3) is 0 Å². The van der Waals surface area contributed by atoms with Crippen LogP contribution in [0.1, 0.15) is 12.5 Å². The summed E-state index contributed by atoms with van der Waals surface area (Å²) in [4.78, 5) is 11.4. The molecule has 17 heavy (non-hydrogen) atoms. The number of nitrogens with one attached hydrogen (secondary N) is 2. The largest absolute Gasteiger partial charge is 0.384 e. The van der Waals surface area contributed by atoms with Crippen molar-refractivity contribution < 1.29 is 9.53 Å². The first-order valence-corrected chi connectivity index (χ1v) is 5.28. The summed E-state index contributed by atoms with van der Waals surface area (Å²) in [6.07, 6.45) is 0. The minimum absolute atomic E-state index is 0.0314. The van der Waals surface area contributed by atoms with E-state index < -0.39 is 0 Å². The molecule has 90 valence electrons. The number of nitrogens with zero attached hydrogens (tertiary/aromatic N) is 1. The summed E-state index contributed by atoms with van der Waals surface area (Å²) in [5.74, 6) is -0.280. The molecular weight excluding hydrogens is 218 g/mol. The molecule has 0 aliphatic rings. The highest BCUT2D eigenvalue weighted by Gasteiger charge is 2.09. The summed E-state index contributed by atoms with van der Waals surface area (Å²) < 4.78 is 4.72. The third kappa shape index (κ3) is 3.47. The van der Waals surface area contributed by atoms with Crippen molar-refractivity contribution in [2.24, 2.45) is 0 Å². The van der Waals surface area contributed by atoms with Gasteiger partial charge in [-0.25, -0.2) is 0 Å². The zero-order valence-electron chi connectivity index (χ0n) is 9.91. The molecule has 1 amide bonds. The van der Waals surface area contributed by atoms with Crippen LogP contribution >= 0.6 is 0 Å². The number of rotatable bonds is 5.